The zero-order valence-corrected chi connectivity index (χ0v) is 14.5. The fraction of sp³-hybridized carbons (Fsp3) is 1.00. The van der Waals surface area contributed by atoms with Gasteiger partial charge >= 0.3 is 0 Å². The minimum atomic E-state index is -1.52. The molecule has 0 aromatic rings. The van der Waals surface area contributed by atoms with Crippen LogP contribution in [-0.2, 0) is 4.43 Å². The maximum absolute atomic E-state index is 6.27. The molecule has 0 amide bonds. The average Bonchev–Trinajstić information content (AvgIpc) is 2.27. The van der Waals surface area contributed by atoms with Gasteiger partial charge < -0.3 is 4.43 Å². The normalized spacial score (nSPS) is 26.0. The van der Waals surface area contributed by atoms with Gasteiger partial charge in [0.05, 0.1) is 0 Å². The Bertz CT molecular complexity index is 219. The van der Waals surface area contributed by atoms with Crippen molar-refractivity contribution in [3.63, 3.8) is 0 Å². The molecule has 1 fully saturated rings. The first-order chi connectivity index (χ1) is 8.39. The van der Waals surface area contributed by atoms with E-state index >= 15 is 0 Å². The largest absolute Gasteiger partial charge is 0.420 e. The minimum Gasteiger partial charge on any atom is -0.420 e. The lowest BCUT2D eigenvalue weighted by molar-refractivity contribution is 0.311. The van der Waals surface area contributed by atoms with E-state index in [1.807, 2.05) is 7.11 Å². The Kier molecular flexibility index (Phi) is 6.39. The Balaban J connectivity index is 2.79. The van der Waals surface area contributed by atoms with Crippen LogP contribution in [0.1, 0.15) is 60.3 Å². The van der Waals surface area contributed by atoms with Crippen LogP contribution < -0.4 is 0 Å². The molecule has 0 spiro atoms. The molecule has 1 aliphatic carbocycles. The summed E-state index contributed by atoms with van der Waals surface area (Å²) in [6.45, 7) is 11.9. The first-order valence-electron chi connectivity index (χ1n) is 7.94. The van der Waals surface area contributed by atoms with Crippen LogP contribution in [0.4, 0.5) is 0 Å². The fourth-order valence-corrected chi connectivity index (χ4v) is 9.57. The molecule has 0 atom stereocenters. The topological polar surface area (TPSA) is 9.23 Å². The molecule has 0 N–H and O–H groups in total. The summed E-state index contributed by atoms with van der Waals surface area (Å²) >= 11 is 0. The van der Waals surface area contributed by atoms with Crippen molar-refractivity contribution < 1.29 is 4.43 Å². The van der Waals surface area contributed by atoms with Gasteiger partial charge in [0.15, 0.2) is 8.32 Å². The third kappa shape index (κ3) is 4.38. The van der Waals surface area contributed by atoms with E-state index in [9.17, 15) is 0 Å². The molecule has 1 saturated carbocycles. The maximum atomic E-state index is 6.27. The highest BCUT2D eigenvalue weighted by molar-refractivity contribution is 6.75. The molecule has 1 nitrogen and oxygen atoms in total. The van der Waals surface area contributed by atoms with Gasteiger partial charge in [0, 0.05) is 7.11 Å². The standard InChI is InChI=1S/C16H34OSi/c1-13(2)11-18(17-6,12-14(3)4)16-9-7-15(5)8-10-16/h13-16H,7-12H2,1-6H3. The summed E-state index contributed by atoms with van der Waals surface area (Å²) in [7, 11) is 0.485. The van der Waals surface area contributed by atoms with Crippen LogP contribution in [0, 0.1) is 17.8 Å². The molecule has 1 aliphatic rings. The van der Waals surface area contributed by atoms with Crippen LogP contribution in [0.25, 0.3) is 0 Å². The van der Waals surface area contributed by atoms with Crippen molar-refractivity contribution >= 4 is 8.32 Å². The molecule has 1 rings (SSSR count). The molecule has 0 bridgehead atoms. The van der Waals surface area contributed by atoms with Crippen LogP contribution in [0.2, 0.25) is 17.6 Å². The van der Waals surface area contributed by atoms with E-state index in [0.717, 1.165) is 23.3 Å². The maximum Gasteiger partial charge on any atom is 0.195 e. The van der Waals surface area contributed by atoms with Crippen molar-refractivity contribution in [2.75, 3.05) is 7.11 Å². The van der Waals surface area contributed by atoms with Gasteiger partial charge in [0.25, 0.3) is 0 Å². The van der Waals surface area contributed by atoms with Crippen LogP contribution >= 0.6 is 0 Å². The van der Waals surface area contributed by atoms with E-state index in [4.69, 9.17) is 4.43 Å². The van der Waals surface area contributed by atoms with Gasteiger partial charge in [-0.3, -0.25) is 0 Å². The second-order valence-electron chi connectivity index (χ2n) is 7.42. The third-order valence-corrected chi connectivity index (χ3v) is 10.6. The van der Waals surface area contributed by atoms with Gasteiger partial charge in [-0.25, -0.2) is 0 Å². The van der Waals surface area contributed by atoms with Gasteiger partial charge in [-0.15, -0.1) is 0 Å². The van der Waals surface area contributed by atoms with Gasteiger partial charge in [0.1, 0.15) is 0 Å². The van der Waals surface area contributed by atoms with Crippen molar-refractivity contribution in [1.29, 1.82) is 0 Å². The molecule has 0 aliphatic heterocycles. The van der Waals surface area contributed by atoms with Crippen molar-refractivity contribution in [1.82, 2.24) is 0 Å². The minimum absolute atomic E-state index is 0.787. The quantitative estimate of drug-likeness (QED) is 0.581. The Labute approximate surface area is 116 Å². The van der Waals surface area contributed by atoms with Gasteiger partial charge in [-0.05, 0) is 35.4 Å². The Hall–Kier alpha value is 0.177. The highest BCUT2D eigenvalue weighted by atomic mass is 28.4. The van der Waals surface area contributed by atoms with E-state index in [1.165, 1.54) is 37.8 Å². The smallest absolute Gasteiger partial charge is 0.195 e. The van der Waals surface area contributed by atoms with E-state index < -0.39 is 8.32 Å². The SMILES string of the molecule is CO[Si](CC(C)C)(CC(C)C)C1CCC(C)CC1. The van der Waals surface area contributed by atoms with E-state index in [0.29, 0.717) is 0 Å². The lowest BCUT2D eigenvalue weighted by Gasteiger charge is -2.42. The van der Waals surface area contributed by atoms with E-state index in [2.05, 4.69) is 34.6 Å². The van der Waals surface area contributed by atoms with Gasteiger partial charge in [0.2, 0.25) is 0 Å². The van der Waals surface area contributed by atoms with Crippen molar-refractivity contribution in [3.05, 3.63) is 0 Å². The zero-order chi connectivity index (χ0) is 13.8. The predicted octanol–water partition coefficient (Wildman–Crippen LogP) is 5.47. The Morgan fingerprint density at radius 2 is 1.39 bits per heavy atom. The summed E-state index contributed by atoms with van der Waals surface area (Å²) < 4.78 is 6.27. The summed E-state index contributed by atoms with van der Waals surface area (Å²) in [4.78, 5) is 0. The second kappa shape index (κ2) is 7.09. The summed E-state index contributed by atoms with van der Waals surface area (Å²) in [6, 6.07) is 2.72. The number of hydrogen-bond donors (Lipinski definition) is 0. The molecule has 0 heterocycles. The molecule has 18 heavy (non-hydrogen) atoms. The van der Waals surface area contributed by atoms with E-state index in [-0.39, 0.29) is 0 Å². The van der Waals surface area contributed by atoms with Crippen LogP contribution in [-0.4, -0.2) is 15.4 Å². The Morgan fingerprint density at radius 3 is 1.72 bits per heavy atom. The van der Waals surface area contributed by atoms with Crippen molar-refractivity contribution in [2.24, 2.45) is 17.8 Å². The fourth-order valence-electron chi connectivity index (χ4n) is 3.92. The molecule has 0 aromatic carbocycles. The number of rotatable bonds is 6. The lowest BCUT2D eigenvalue weighted by Crippen LogP contribution is -2.46. The molecule has 2 heteroatoms. The molecule has 0 saturated heterocycles. The first kappa shape index (κ1) is 16.2. The molecular formula is C16H34OSi. The molecular weight excluding hydrogens is 236 g/mol. The van der Waals surface area contributed by atoms with Gasteiger partial charge in [-0.2, -0.15) is 0 Å². The molecule has 0 aromatic heterocycles. The highest BCUT2D eigenvalue weighted by Crippen LogP contribution is 2.45. The van der Waals surface area contributed by atoms with Crippen LogP contribution in [0.3, 0.4) is 0 Å². The third-order valence-electron chi connectivity index (χ3n) is 4.67. The zero-order valence-electron chi connectivity index (χ0n) is 13.5. The monoisotopic (exact) mass is 270 g/mol. The summed E-state index contributed by atoms with van der Waals surface area (Å²) in [5, 5.41) is 0. The van der Waals surface area contributed by atoms with Crippen LogP contribution in [0.15, 0.2) is 0 Å². The summed E-state index contributed by atoms with van der Waals surface area (Å²) in [5.74, 6) is 2.52. The Morgan fingerprint density at radius 1 is 0.944 bits per heavy atom. The summed E-state index contributed by atoms with van der Waals surface area (Å²) in [6.07, 6.45) is 5.72. The first-order valence-corrected chi connectivity index (χ1v) is 10.3. The predicted molar refractivity (Wildman–Crippen MR) is 83.4 cm³/mol. The lowest BCUT2D eigenvalue weighted by atomic mass is 9.90. The van der Waals surface area contributed by atoms with Gasteiger partial charge in [-0.1, -0.05) is 60.3 Å². The van der Waals surface area contributed by atoms with Crippen LogP contribution in [0.5, 0.6) is 0 Å². The molecule has 108 valence electrons. The molecule has 0 radical (unpaired) electrons. The highest BCUT2D eigenvalue weighted by Gasteiger charge is 2.44. The molecule has 0 unspecified atom stereocenters. The van der Waals surface area contributed by atoms with E-state index in [1.54, 1.807) is 0 Å². The van der Waals surface area contributed by atoms with Crippen molar-refractivity contribution in [3.8, 4) is 0 Å². The average molecular weight is 271 g/mol. The number of hydrogen-bond acceptors (Lipinski definition) is 1. The second-order valence-corrected chi connectivity index (χ2v) is 11.6. The summed E-state index contributed by atoms with van der Waals surface area (Å²) in [5.41, 5.74) is 0.920. The van der Waals surface area contributed by atoms with Crippen molar-refractivity contribution in [2.45, 2.75) is 77.9 Å².